The number of nitrogens with one attached hydrogen (secondary N) is 2. The minimum Gasteiger partial charge on any atom is -0.313 e. The van der Waals surface area contributed by atoms with Crippen LogP contribution in [0.1, 0.15) is 68.4 Å². The van der Waals surface area contributed by atoms with Crippen LogP contribution in [0.2, 0.25) is 0 Å². The molecule has 4 nitrogen and oxygen atoms in total. The van der Waals surface area contributed by atoms with Crippen LogP contribution < -0.4 is 10.0 Å². The molecule has 0 heterocycles. The van der Waals surface area contributed by atoms with Gasteiger partial charge in [-0.3, -0.25) is 0 Å². The maximum absolute atomic E-state index is 13.9. The molecule has 2 aromatic carbocycles. The van der Waals surface area contributed by atoms with Crippen LogP contribution in [0, 0.1) is 29.4 Å². The maximum atomic E-state index is 13.9. The van der Waals surface area contributed by atoms with Gasteiger partial charge in [0, 0.05) is 12.6 Å². The number of benzene rings is 2. The lowest BCUT2D eigenvalue weighted by Crippen LogP contribution is -2.42. The molecule has 2 saturated carbocycles. The quantitative estimate of drug-likeness (QED) is 0.474. The highest BCUT2D eigenvalue weighted by Crippen LogP contribution is 2.44. The third kappa shape index (κ3) is 6.12. The summed E-state index contributed by atoms with van der Waals surface area (Å²) < 4.78 is 55.2. The van der Waals surface area contributed by atoms with Crippen molar-refractivity contribution in [2.24, 2.45) is 17.8 Å². The molecule has 2 N–H and O–H groups in total. The van der Waals surface area contributed by atoms with Gasteiger partial charge in [0.2, 0.25) is 10.0 Å². The number of sulfonamides is 1. The molecular formula is C28H36F2N2O2S. The Labute approximate surface area is 208 Å². The molecule has 0 radical (unpaired) electrons. The highest BCUT2D eigenvalue weighted by atomic mass is 32.2. The van der Waals surface area contributed by atoms with Crippen molar-refractivity contribution in [2.45, 2.75) is 74.6 Å². The van der Waals surface area contributed by atoms with Gasteiger partial charge in [0.05, 0.1) is 0 Å². The van der Waals surface area contributed by atoms with E-state index in [1.165, 1.54) is 54.7 Å². The summed E-state index contributed by atoms with van der Waals surface area (Å²) in [6, 6.07) is 11.3. The zero-order valence-electron chi connectivity index (χ0n) is 20.2. The molecule has 2 atom stereocenters. The summed E-state index contributed by atoms with van der Waals surface area (Å²) in [5, 5.41) is 3.88. The standard InChI is InChI=1S/C28H36F2N2O2S/c29-23-12-13-24-22(16-23)11-14-27(25(24)15-19-5-6-19)31-17-20-7-9-21(10-8-20)18-32-35(33,34)28-4-2-1-3-26(28)30/h1-4,12-13,16,19-21,25,27,31-32H,5-11,14-15,17-18H2. The highest BCUT2D eigenvalue weighted by molar-refractivity contribution is 7.89. The third-order valence-corrected chi connectivity index (χ3v) is 9.78. The van der Waals surface area contributed by atoms with Crippen molar-refractivity contribution in [1.29, 1.82) is 0 Å². The molecule has 0 aliphatic heterocycles. The van der Waals surface area contributed by atoms with E-state index in [1.807, 2.05) is 6.07 Å². The summed E-state index contributed by atoms with van der Waals surface area (Å²) in [4.78, 5) is -0.282. The Bertz CT molecular complexity index is 1130. The molecule has 0 spiro atoms. The van der Waals surface area contributed by atoms with Gasteiger partial charge in [-0.25, -0.2) is 21.9 Å². The molecule has 2 aromatic rings. The Morgan fingerprint density at radius 3 is 2.23 bits per heavy atom. The van der Waals surface area contributed by atoms with E-state index in [9.17, 15) is 17.2 Å². The summed E-state index contributed by atoms with van der Waals surface area (Å²) in [7, 11) is -3.83. The van der Waals surface area contributed by atoms with Gasteiger partial charge in [-0.15, -0.1) is 0 Å². The SMILES string of the molecule is O=S(=O)(NCC1CCC(CNC2CCc3cc(F)ccc3C2CC2CC2)CC1)c1ccccc1F. The first-order chi connectivity index (χ1) is 16.9. The second kappa shape index (κ2) is 10.7. The van der Waals surface area contributed by atoms with Gasteiger partial charge in [-0.2, -0.15) is 0 Å². The molecule has 2 fully saturated rings. The lowest BCUT2D eigenvalue weighted by atomic mass is 9.76. The summed E-state index contributed by atoms with van der Waals surface area (Å²) in [5.74, 6) is 1.32. The third-order valence-electron chi connectivity index (χ3n) is 8.32. The first-order valence-electron chi connectivity index (χ1n) is 13.1. The van der Waals surface area contributed by atoms with Gasteiger partial charge in [0.25, 0.3) is 0 Å². The molecular weight excluding hydrogens is 466 g/mol. The largest absolute Gasteiger partial charge is 0.313 e. The first kappa shape index (κ1) is 24.8. The van der Waals surface area contributed by atoms with Crippen LogP contribution in [0.25, 0.3) is 0 Å². The van der Waals surface area contributed by atoms with Crippen molar-refractivity contribution < 1.29 is 17.2 Å². The minimum absolute atomic E-state index is 0.131. The summed E-state index contributed by atoms with van der Waals surface area (Å²) >= 11 is 0. The number of hydrogen-bond acceptors (Lipinski definition) is 3. The van der Waals surface area contributed by atoms with Gasteiger partial charge < -0.3 is 5.32 Å². The predicted molar refractivity (Wildman–Crippen MR) is 134 cm³/mol. The van der Waals surface area contributed by atoms with Crippen LogP contribution >= 0.6 is 0 Å². The molecule has 3 aliphatic rings. The molecule has 3 aliphatic carbocycles. The predicted octanol–water partition coefficient (Wildman–Crippen LogP) is 5.54. The molecule has 7 heteroatoms. The Hall–Kier alpha value is -1.83. The zero-order chi connectivity index (χ0) is 24.4. The molecule has 0 amide bonds. The van der Waals surface area contributed by atoms with Crippen LogP contribution in [0.15, 0.2) is 47.4 Å². The van der Waals surface area contributed by atoms with E-state index in [4.69, 9.17) is 0 Å². The van der Waals surface area contributed by atoms with Crippen LogP contribution in [0.5, 0.6) is 0 Å². The van der Waals surface area contributed by atoms with Crippen molar-refractivity contribution >= 4 is 10.0 Å². The Morgan fingerprint density at radius 2 is 1.51 bits per heavy atom. The summed E-state index contributed by atoms with van der Waals surface area (Å²) in [5.41, 5.74) is 2.53. The van der Waals surface area contributed by atoms with E-state index in [-0.39, 0.29) is 16.6 Å². The molecule has 35 heavy (non-hydrogen) atoms. The molecule has 0 bridgehead atoms. The van der Waals surface area contributed by atoms with Crippen LogP contribution in [0.4, 0.5) is 8.78 Å². The van der Waals surface area contributed by atoms with Crippen LogP contribution in [-0.2, 0) is 16.4 Å². The van der Waals surface area contributed by atoms with Crippen molar-refractivity contribution in [3.63, 3.8) is 0 Å². The van der Waals surface area contributed by atoms with Crippen molar-refractivity contribution in [3.8, 4) is 0 Å². The fourth-order valence-electron chi connectivity index (χ4n) is 6.06. The molecule has 2 unspecified atom stereocenters. The molecule has 5 rings (SSSR count). The van der Waals surface area contributed by atoms with E-state index < -0.39 is 15.8 Å². The Kier molecular flexibility index (Phi) is 7.56. The van der Waals surface area contributed by atoms with E-state index in [1.54, 1.807) is 12.1 Å². The average Bonchev–Trinajstić information content (AvgIpc) is 3.67. The maximum Gasteiger partial charge on any atom is 0.243 e. The van der Waals surface area contributed by atoms with Gasteiger partial charge in [-0.1, -0.05) is 31.0 Å². The monoisotopic (exact) mass is 502 g/mol. The number of halogens is 2. The Morgan fingerprint density at radius 1 is 0.829 bits per heavy atom. The van der Waals surface area contributed by atoms with E-state index >= 15 is 0 Å². The van der Waals surface area contributed by atoms with E-state index in [0.29, 0.717) is 24.4 Å². The highest BCUT2D eigenvalue weighted by Gasteiger charge is 2.35. The minimum atomic E-state index is -3.83. The number of rotatable bonds is 9. The van der Waals surface area contributed by atoms with E-state index in [0.717, 1.165) is 51.0 Å². The summed E-state index contributed by atoms with van der Waals surface area (Å²) in [6.45, 7) is 1.34. The van der Waals surface area contributed by atoms with Gasteiger partial charge in [-0.05, 0) is 111 Å². The topological polar surface area (TPSA) is 58.2 Å². The van der Waals surface area contributed by atoms with Crippen molar-refractivity contribution in [3.05, 3.63) is 65.2 Å². The summed E-state index contributed by atoms with van der Waals surface area (Å²) in [6.07, 6.45) is 9.93. The van der Waals surface area contributed by atoms with Crippen molar-refractivity contribution in [1.82, 2.24) is 10.0 Å². The van der Waals surface area contributed by atoms with Gasteiger partial charge in [0.15, 0.2) is 0 Å². The fraction of sp³-hybridized carbons (Fsp3) is 0.571. The number of aryl methyl sites for hydroxylation is 1. The Balaban J connectivity index is 1.10. The molecule has 0 aromatic heterocycles. The normalized spacial score (nSPS) is 26.9. The van der Waals surface area contributed by atoms with Crippen LogP contribution in [-0.4, -0.2) is 27.5 Å². The van der Waals surface area contributed by atoms with Crippen molar-refractivity contribution in [2.75, 3.05) is 13.1 Å². The molecule has 190 valence electrons. The number of fused-ring (bicyclic) bond motifs is 1. The van der Waals surface area contributed by atoms with Gasteiger partial charge >= 0.3 is 0 Å². The first-order valence-corrected chi connectivity index (χ1v) is 14.6. The molecule has 0 saturated heterocycles. The van der Waals surface area contributed by atoms with E-state index in [2.05, 4.69) is 10.0 Å². The number of hydrogen-bond donors (Lipinski definition) is 2. The zero-order valence-corrected chi connectivity index (χ0v) is 21.0. The smallest absolute Gasteiger partial charge is 0.243 e. The average molecular weight is 503 g/mol. The van der Waals surface area contributed by atoms with Crippen LogP contribution in [0.3, 0.4) is 0 Å². The second-order valence-corrected chi connectivity index (χ2v) is 12.6. The lowest BCUT2D eigenvalue weighted by molar-refractivity contribution is 0.250. The fourth-order valence-corrected chi connectivity index (χ4v) is 7.25. The lowest BCUT2D eigenvalue weighted by Gasteiger charge is -2.36. The van der Waals surface area contributed by atoms with Gasteiger partial charge in [0.1, 0.15) is 16.5 Å². The second-order valence-electron chi connectivity index (χ2n) is 10.9.